The molecule has 0 radical (unpaired) electrons. The van der Waals surface area contributed by atoms with Crippen molar-refractivity contribution in [3.8, 4) is 28.5 Å². The molecule has 3 aromatic heterocycles. The standard InChI is InChI=1S/C30H19N3O/c1-3-9-20(10-4-1)25-19-26(21-11-5-2-6-12-21)32-30(31-25)33-27-14-8-7-13-23(27)24-16-15-22-17-18-34-29(22)28(24)33/h1-19H. The predicted molar refractivity (Wildman–Crippen MR) is 137 cm³/mol. The summed E-state index contributed by atoms with van der Waals surface area (Å²) in [6.07, 6.45) is 1.74. The molecule has 0 spiro atoms. The highest BCUT2D eigenvalue weighted by atomic mass is 16.3. The fraction of sp³-hybridized carbons (Fsp3) is 0. The van der Waals surface area contributed by atoms with Crippen LogP contribution in [0.4, 0.5) is 0 Å². The molecule has 4 aromatic carbocycles. The molecule has 4 heteroatoms. The summed E-state index contributed by atoms with van der Waals surface area (Å²) >= 11 is 0. The van der Waals surface area contributed by atoms with Crippen LogP contribution in [-0.4, -0.2) is 14.5 Å². The van der Waals surface area contributed by atoms with Crippen molar-refractivity contribution in [3.05, 3.63) is 115 Å². The fourth-order valence-electron chi connectivity index (χ4n) is 4.73. The minimum atomic E-state index is 0.621. The van der Waals surface area contributed by atoms with E-state index in [1.165, 1.54) is 0 Å². The van der Waals surface area contributed by atoms with E-state index in [9.17, 15) is 0 Å². The van der Waals surface area contributed by atoms with Crippen LogP contribution in [0, 0.1) is 0 Å². The van der Waals surface area contributed by atoms with Crippen molar-refractivity contribution < 1.29 is 4.42 Å². The van der Waals surface area contributed by atoms with Gasteiger partial charge in [-0.25, -0.2) is 9.97 Å². The van der Waals surface area contributed by atoms with Crippen LogP contribution in [0.2, 0.25) is 0 Å². The molecule has 0 unspecified atom stereocenters. The Hall–Kier alpha value is -4.70. The van der Waals surface area contributed by atoms with Crippen LogP contribution in [-0.2, 0) is 0 Å². The molecular formula is C30H19N3O. The smallest absolute Gasteiger partial charge is 0.235 e. The molecule has 7 rings (SSSR count). The van der Waals surface area contributed by atoms with Crippen LogP contribution < -0.4 is 0 Å². The van der Waals surface area contributed by atoms with Gasteiger partial charge >= 0.3 is 0 Å². The zero-order valence-electron chi connectivity index (χ0n) is 18.2. The van der Waals surface area contributed by atoms with E-state index in [-0.39, 0.29) is 0 Å². The Balaban J connectivity index is 1.62. The topological polar surface area (TPSA) is 43.9 Å². The zero-order chi connectivity index (χ0) is 22.5. The minimum absolute atomic E-state index is 0.621. The van der Waals surface area contributed by atoms with Gasteiger partial charge in [-0.15, -0.1) is 0 Å². The molecule has 7 aromatic rings. The van der Waals surface area contributed by atoms with Crippen LogP contribution in [0.1, 0.15) is 0 Å². The van der Waals surface area contributed by atoms with Crippen molar-refractivity contribution >= 4 is 32.8 Å². The molecule has 0 aliphatic heterocycles. The lowest BCUT2D eigenvalue weighted by molar-refractivity contribution is 0.617. The van der Waals surface area contributed by atoms with E-state index >= 15 is 0 Å². The average molecular weight is 438 g/mol. The Morgan fingerprint density at radius 1 is 0.588 bits per heavy atom. The summed E-state index contributed by atoms with van der Waals surface area (Å²) in [6.45, 7) is 0. The van der Waals surface area contributed by atoms with Crippen molar-refractivity contribution in [3.63, 3.8) is 0 Å². The molecular weight excluding hydrogens is 418 g/mol. The molecule has 0 atom stereocenters. The third kappa shape index (κ3) is 2.86. The van der Waals surface area contributed by atoms with E-state index in [2.05, 4.69) is 71.3 Å². The number of rotatable bonds is 3. The summed E-state index contributed by atoms with van der Waals surface area (Å²) in [5, 5.41) is 3.32. The second-order valence-electron chi connectivity index (χ2n) is 8.32. The van der Waals surface area contributed by atoms with E-state index < -0.39 is 0 Å². The number of nitrogens with zero attached hydrogens (tertiary/aromatic N) is 3. The molecule has 0 aliphatic rings. The SMILES string of the molecule is c1ccc(-c2cc(-c3ccccc3)nc(-n3c4ccccc4c4ccc5ccoc5c43)n2)cc1. The Bertz CT molecular complexity index is 1740. The van der Waals surface area contributed by atoms with Gasteiger partial charge in [-0.1, -0.05) is 91.0 Å². The van der Waals surface area contributed by atoms with Crippen molar-refractivity contribution in [1.29, 1.82) is 0 Å². The molecule has 3 heterocycles. The maximum atomic E-state index is 5.98. The van der Waals surface area contributed by atoms with Gasteiger partial charge in [-0.3, -0.25) is 4.57 Å². The molecule has 160 valence electrons. The molecule has 0 amide bonds. The van der Waals surface area contributed by atoms with Crippen LogP contribution in [0.5, 0.6) is 0 Å². The lowest BCUT2D eigenvalue weighted by atomic mass is 10.1. The first kappa shape index (κ1) is 18.8. The Kier molecular flexibility index (Phi) is 4.11. The van der Waals surface area contributed by atoms with Crippen molar-refractivity contribution in [2.75, 3.05) is 0 Å². The average Bonchev–Trinajstić information content (AvgIpc) is 3.52. The maximum absolute atomic E-state index is 5.98. The first-order valence-electron chi connectivity index (χ1n) is 11.3. The Morgan fingerprint density at radius 3 is 1.94 bits per heavy atom. The third-order valence-electron chi connectivity index (χ3n) is 6.31. The van der Waals surface area contributed by atoms with Crippen molar-refractivity contribution in [2.45, 2.75) is 0 Å². The summed E-state index contributed by atoms with van der Waals surface area (Å²) in [5.41, 5.74) is 6.71. The highest BCUT2D eigenvalue weighted by Crippen LogP contribution is 2.37. The quantitative estimate of drug-likeness (QED) is 0.285. The maximum Gasteiger partial charge on any atom is 0.235 e. The number of para-hydroxylation sites is 1. The summed E-state index contributed by atoms with van der Waals surface area (Å²) in [4.78, 5) is 10.1. The van der Waals surface area contributed by atoms with Crippen LogP contribution in [0.15, 0.2) is 120 Å². The largest absolute Gasteiger partial charge is 0.462 e. The minimum Gasteiger partial charge on any atom is -0.462 e. The number of hydrogen-bond donors (Lipinski definition) is 0. The fourth-order valence-corrected chi connectivity index (χ4v) is 4.73. The molecule has 0 aliphatic carbocycles. The Labute approximate surface area is 195 Å². The van der Waals surface area contributed by atoms with E-state index in [0.717, 1.165) is 55.3 Å². The van der Waals surface area contributed by atoms with Gasteiger partial charge in [-0.2, -0.15) is 0 Å². The van der Waals surface area contributed by atoms with E-state index in [0.29, 0.717) is 5.95 Å². The highest BCUT2D eigenvalue weighted by molar-refractivity contribution is 6.16. The van der Waals surface area contributed by atoms with Crippen LogP contribution in [0.3, 0.4) is 0 Å². The molecule has 0 fully saturated rings. The number of benzene rings is 4. The van der Waals surface area contributed by atoms with Gasteiger partial charge in [0.25, 0.3) is 0 Å². The predicted octanol–water partition coefficient (Wildman–Crippen LogP) is 7.65. The summed E-state index contributed by atoms with van der Waals surface area (Å²) < 4.78 is 8.11. The summed E-state index contributed by atoms with van der Waals surface area (Å²) in [5.74, 6) is 0.621. The third-order valence-corrected chi connectivity index (χ3v) is 6.31. The highest BCUT2D eigenvalue weighted by Gasteiger charge is 2.19. The van der Waals surface area contributed by atoms with Crippen LogP contribution >= 0.6 is 0 Å². The number of fused-ring (bicyclic) bond motifs is 5. The van der Waals surface area contributed by atoms with E-state index in [1.54, 1.807) is 6.26 Å². The first-order valence-corrected chi connectivity index (χ1v) is 11.3. The van der Waals surface area contributed by atoms with Crippen molar-refractivity contribution in [1.82, 2.24) is 14.5 Å². The molecule has 0 saturated heterocycles. The van der Waals surface area contributed by atoms with Crippen LogP contribution in [0.25, 0.3) is 61.2 Å². The molecule has 0 bridgehead atoms. The molecule has 4 nitrogen and oxygen atoms in total. The molecule has 0 N–H and O–H groups in total. The van der Waals surface area contributed by atoms with Gasteiger partial charge < -0.3 is 4.42 Å². The van der Waals surface area contributed by atoms with Gasteiger partial charge in [0.2, 0.25) is 5.95 Å². The first-order chi connectivity index (χ1) is 16.9. The monoisotopic (exact) mass is 437 g/mol. The number of aromatic nitrogens is 3. The summed E-state index contributed by atoms with van der Waals surface area (Å²) in [7, 11) is 0. The number of furan rings is 1. The zero-order valence-corrected chi connectivity index (χ0v) is 18.2. The molecule has 34 heavy (non-hydrogen) atoms. The lowest BCUT2D eigenvalue weighted by Gasteiger charge is -2.11. The van der Waals surface area contributed by atoms with Gasteiger partial charge in [0, 0.05) is 27.3 Å². The second kappa shape index (κ2) is 7.42. The van der Waals surface area contributed by atoms with Gasteiger partial charge in [0.1, 0.15) is 5.52 Å². The lowest BCUT2D eigenvalue weighted by Crippen LogP contribution is -2.04. The normalized spacial score (nSPS) is 11.5. The van der Waals surface area contributed by atoms with E-state index in [1.807, 2.05) is 42.5 Å². The van der Waals surface area contributed by atoms with Crippen molar-refractivity contribution in [2.24, 2.45) is 0 Å². The second-order valence-corrected chi connectivity index (χ2v) is 8.32. The Morgan fingerprint density at radius 2 is 1.24 bits per heavy atom. The summed E-state index contributed by atoms with van der Waals surface area (Å²) in [6, 6.07) is 37.2. The number of hydrogen-bond acceptors (Lipinski definition) is 3. The van der Waals surface area contributed by atoms with Gasteiger partial charge in [0.15, 0.2) is 5.58 Å². The molecule has 0 saturated carbocycles. The van der Waals surface area contributed by atoms with Gasteiger partial charge in [0.05, 0.1) is 23.2 Å². The van der Waals surface area contributed by atoms with E-state index in [4.69, 9.17) is 14.4 Å². The van der Waals surface area contributed by atoms with Gasteiger partial charge in [-0.05, 0) is 18.2 Å².